The van der Waals surface area contributed by atoms with Crippen molar-refractivity contribution in [1.82, 2.24) is 9.80 Å². The summed E-state index contributed by atoms with van der Waals surface area (Å²) < 4.78 is 0. The Kier molecular flexibility index (Phi) is 9.61. The molecule has 1 unspecified atom stereocenters. The summed E-state index contributed by atoms with van der Waals surface area (Å²) in [7, 11) is 0. The average molecular weight is 281 g/mol. The molecule has 0 aromatic rings. The van der Waals surface area contributed by atoms with Crippen LogP contribution in [0.4, 0.5) is 0 Å². The van der Waals surface area contributed by atoms with Crippen molar-refractivity contribution in [3.8, 4) is 0 Å². The Morgan fingerprint density at radius 1 is 0.650 bits per heavy atom. The number of rotatable bonds is 12. The highest BCUT2D eigenvalue weighted by atomic mass is 15.4. The molecule has 118 valence electrons. The van der Waals surface area contributed by atoms with Crippen LogP contribution in [0.2, 0.25) is 0 Å². The Labute approximate surface area is 127 Å². The van der Waals surface area contributed by atoms with Crippen molar-refractivity contribution in [2.24, 2.45) is 0 Å². The number of nitrogens with zero attached hydrogens (tertiary/aromatic N) is 2. The lowest BCUT2D eigenvalue weighted by Gasteiger charge is -2.32. The van der Waals surface area contributed by atoms with Gasteiger partial charge >= 0.3 is 0 Å². The first-order valence-electron chi connectivity index (χ1n) is 9.03. The van der Waals surface area contributed by atoms with Gasteiger partial charge in [-0.25, -0.2) is 0 Å². The van der Waals surface area contributed by atoms with Crippen LogP contribution in [0.5, 0.6) is 0 Å². The van der Waals surface area contributed by atoms with E-state index in [1.807, 2.05) is 0 Å². The van der Waals surface area contributed by atoms with E-state index in [1.165, 1.54) is 77.3 Å². The van der Waals surface area contributed by atoms with Crippen molar-refractivity contribution in [3.05, 3.63) is 12.4 Å². The monoisotopic (exact) mass is 280 g/mol. The van der Waals surface area contributed by atoms with E-state index < -0.39 is 0 Å². The van der Waals surface area contributed by atoms with Gasteiger partial charge in [-0.2, -0.15) is 0 Å². The highest BCUT2D eigenvalue weighted by Gasteiger charge is 2.23. The molecule has 0 radical (unpaired) electrons. The second kappa shape index (κ2) is 11.0. The Bertz CT molecular complexity index is 250. The van der Waals surface area contributed by atoms with Crippen molar-refractivity contribution in [2.45, 2.75) is 91.1 Å². The molecule has 20 heavy (non-hydrogen) atoms. The zero-order valence-electron chi connectivity index (χ0n) is 14.1. The lowest BCUT2D eigenvalue weighted by Crippen LogP contribution is -2.38. The summed E-state index contributed by atoms with van der Waals surface area (Å²) in [5.41, 5.74) is 0. The summed E-state index contributed by atoms with van der Waals surface area (Å²) in [5, 5.41) is 0. The van der Waals surface area contributed by atoms with Gasteiger partial charge in [0.05, 0.1) is 0 Å². The van der Waals surface area contributed by atoms with Gasteiger partial charge in [0.2, 0.25) is 0 Å². The Morgan fingerprint density at radius 2 is 1.10 bits per heavy atom. The third-order valence-electron chi connectivity index (χ3n) is 4.37. The summed E-state index contributed by atoms with van der Waals surface area (Å²) in [6, 6.07) is 0. The molecular weight excluding hydrogens is 244 g/mol. The van der Waals surface area contributed by atoms with E-state index in [-0.39, 0.29) is 0 Å². The van der Waals surface area contributed by atoms with Crippen LogP contribution in [-0.2, 0) is 0 Å². The second-order valence-electron chi connectivity index (χ2n) is 6.14. The van der Waals surface area contributed by atoms with Crippen LogP contribution >= 0.6 is 0 Å². The van der Waals surface area contributed by atoms with Crippen molar-refractivity contribution < 1.29 is 0 Å². The third kappa shape index (κ3) is 6.19. The summed E-state index contributed by atoms with van der Waals surface area (Å²) in [4.78, 5) is 5.11. The second-order valence-corrected chi connectivity index (χ2v) is 6.14. The predicted octanol–water partition coefficient (Wildman–Crippen LogP) is 5.36. The summed E-state index contributed by atoms with van der Waals surface area (Å²) in [6.45, 7) is 9.36. The molecule has 2 heteroatoms. The van der Waals surface area contributed by atoms with Gasteiger partial charge < -0.3 is 9.80 Å². The lowest BCUT2D eigenvalue weighted by atomic mass is 10.1. The van der Waals surface area contributed by atoms with Gasteiger partial charge in [-0.1, -0.05) is 65.7 Å². The molecule has 0 aromatic carbocycles. The van der Waals surface area contributed by atoms with Gasteiger partial charge in [-0.05, 0) is 19.3 Å². The largest absolute Gasteiger partial charge is 0.356 e. The first kappa shape index (κ1) is 17.4. The minimum atomic E-state index is 0.627. The molecule has 0 saturated heterocycles. The molecule has 0 fully saturated rings. The number of unbranched alkanes of at least 4 members (excludes halogenated alkanes) is 7. The molecule has 0 N–H and O–H groups in total. The van der Waals surface area contributed by atoms with E-state index in [9.17, 15) is 0 Å². The van der Waals surface area contributed by atoms with Crippen LogP contribution in [0.1, 0.15) is 85.0 Å². The molecule has 0 amide bonds. The first-order chi connectivity index (χ1) is 9.83. The number of hydrogen-bond acceptors (Lipinski definition) is 2. The maximum absolute atomic E-state index is 2.56. The molecule has 0 aromatic heterocycles. The van der Waals surface area contributed by atoms with Crippen LogP contribution in [-0.4, -0.2) is 29.1 Å². The van der Waals surface area contributed by atoms with Crippen LogP contribution in [0.15, 0.2) is 12.4 Å². The van der Waals surface area contributed by atoms with Crippen molar-refractivity contribution in [3.63, 3.8) is 0 Å². The summed E-state index contributed by atoms with van der Waals surface area (Å²) in [5.74, 6) is 0. The van der Waals surface area contributed by atoms with Gasteiger partial charge in [0.15, 0.2) is 0 Å². The quantitative estimate of drug-likeness (QED) is 0.444. The van der Waals surface area contributed by atoms with Gasteiger partial charge in [-0.15, -0.1) is 0 Å². The van der Waals surface area contributed by atoms with Crippen LogP contribution in [0, 0.1) is 0 Å². The maximum Gasteiger partial charge on any atom is 0.100 e. The summed E-state index contributed by atoms with van der Waals surface area (Å²) >= 11 is 0. The zero-order chi connectivity index (χ0) is 14.6. The standard InChI is InChI=1S/C18H36N2/c1-4-7-9-10-11-13-15-20-17-16-19(18(20)6-3)14-12-8-5-2/h16-18H,4-15H2,1-3H3. The highest BCUT2D eigenvalue weighted by molar-refractivity contribution is 4.96. The van der Waals surface area contributed by atoms with E-state index in [4.69, 9.17) is 0 Å². The van der Waals surface area contributed by atoms with E-state index >= 15 is 0 Å². The summed E-state index contributed by atoms with van der Waals surface area (Å²) in [6.07, 6.45) is 18.9. The number of hydrogen-bond donors (Lipinski definition) is 0. The smallest absolute Gasteiger partial charge is 0.100 e. The van der Waals surface area contributed by atoms with Crippen molar-refractivity contribution >= 4 is 0 Å². The highest BCUT2D eigenvalue weighted by Crippen LogP contribution is 2.20. The molecule has 1 aliphatic rings. The normalized spacial score (nSPS) is 18.2. The fraction of sp³-hybridized carbons (Fsp3) is 0.889. The molecule has 0 bridgehead atoms. The first-order valence-corrected chi connectivity index (χ1v) is 9.03. The zero-order valence-corrected chi connectivity index (χ0v) is 14.1. The molecular formula is C18H36N2. The van der Waals surface area contributed by atoms with Gasteiger partial charge in [0.25, 0.3) is 0 Å². The van der Waals surface area contributed by atoms with Crippen LogP contribution in [0.25, 0.3) is 0 Å². The van der Waals surface area contributed by atoms with Crippen molar-refractivity contribution in [2.75, 3.05) is 13.1 Å². The SMILES string of the molecule is CCCCCCCCN1C=CN(CCCCC)C1CC. The van der Waals surface area contributed by atoms with Crippen LogP contribution < -0.4 is 0 Å². The molecule has 0 aliphatic carbocycles. The Balaban J connectivity index is 2.17. The fourth-order valence-electron chi connectivity index (χ4n) is 3.10. The molecule has 0 spiro atoms. The average Bonchev–Trinajstić information content (AvgIpc) is 2.85. The third-order valence-corrected chi connectivity index (χ3v) is 4.37. The van der Waals surface area contributed by atoms with Gasteiger partial charge in [0, 0.05) is 25.5 Å². The van der Waals surface area contributed by atoms with Gasteiger partial charge in [0.1, 0.15) is 6.17 Å². The van der Waals surface area contributed by atoms with Gasteiger partial charge in [-0.3, -0.25) is 0 Å². The fourth-order valence-corrected chi connectivity index (χ4v) is 3.10. The molecule has 2 nitrogen and oxygen atoms in total. The Morgan fingerprint density at radius 3 is 1.65 bits per heavy atom. The molecule has 1 atom stereocenters. The van der Waals surface area contributed by atoms with E-state index in [0.717, 1.165) is 0 Å². The molecule has 1 aliphatic heterocycles. The van der Waals surface area contributed by atoms with E-state index in [1.54, 1.807) is 0 Å². The minimum absolute atomic E-state index is 0.627. The molecule has 1 heterocycles. The van der Waals surface area contributed by atoms with E-state index in [0.29, 0.717) is 6.17 Å². The minimum Gasteiger partial charge on any atom is -0.356 e. The Hall–Kier alpha value is -0.660. The molecule has 1 rings (SSSR count). The molecule has 0 saturated carbocycles. The van der Waals surface area contributed by atoms with Crippen LogP contribution in [0.3, 0.4) is 0 Å². The topological polar surface area (TPSA) is 6.48 Å². The predicted molar refractivity (Wildman–Crippen MR) is 89.5 cm³/mol. The lowest BCUT2D eigenvalue weighted by molar-refractivity contribution is 0.144. The maximum atomic E-state index is 2.56. The van der Waals surface area contributed by atoms with E-state index in [2.05, 4.69) is 43.0 Å². The van der Waals surface area contributed by atoms with Crippen molar-refractivity contribution in [1.29, 1.82) is 0 Å².